The molecular formula is C9H21NO2S. The number of unbranched alkanes of at least 4 members (excludes halogenated alkanes) is 5. The van der Waals surface area contributed by atoms with Crippen LogP contribution in [0, 0.1) is 0 Å². The summed E-state index contributed by atoms with van der Waals surface area (Å²) in [7, 11) is -0.733. The first kappa shape index (κ1) is 12.9. The fraction of sp³-hybridized carbons (Fsp3) is 1.00. The Morgan fingerprint density at radius 1 is 1.00 bits per heavy atom. The summed E-state index contributed by atoms with van der Waals surface area (Å²) in [5, 5.41) is 0. The van der Waals surface area contributed by atoms with Gasteiger partial charge in [-0.1, -0.05) is 39.0 Å². The highest BCUT2D eigenvalue weighted by Crippen LogP contribution is 2.05. The first-order chi connectivity index (χ1) is 6.18. The van der Waals surface area contributed by atoms with E-state index in [1.807, 2.05) is 0 Å². The van der Waals surface area contributed by atoms with E-state index in [4.69, 9.17) is 0 Å². The normalized spacial score (nSPS) is 11.4. The van der Waals surface area contributed by atoms with Crippen LogP contribution in [0.15, 0.2) is 0 Å². The SMILES string of the molecule is CCCCCCCCN(C)[SH](=O)=O. The molecule has 0 aromatic heterocycles. The zero-order valence-electron chi connectivity index (χ0n) is 8.66. The zero-order chi connectivity index (χ0) is 10.1. The number of hydrogen-bond donors (Lipinski definition) is 1. The lowest BCUT2D eigenvalue weighted by Crippen LogP contribution is -2.17. The van der Waals surface area contributed by atoms with Gasteiger partial charge in [-0.3, -0.25) is 0 Å². The fourth-order valence-electron chi connectivity index (χ4n) is 1.20. The molecule has 0 amide bonds. The first-order valence-corrected chi connectivity index (χ1v) is 6.17. The molecular weight excluding hydrogens is 186 g/mol. The van der Waals surface area contributed by atoms with Crippen LogP contribution in [0.25, 0.3) is 0 Å². The van der Waals surface area contributed by atoms with Crippen molar-refractivity contribution in [1.29, 1.82) is 0 Å². The van der Waals surface area contributed by atoms with E-state index in [-0.39, 0.29) is 0 Å². The van der Waals surface area contributed by atoms with Crippen LogP contribution >= 0.6 is 0 Å². The van der Waals surface area contributed by atoms with Gasteiger partial charge in [-0.15, -0.1) is 0 Å². The Hall–Kier alpha value is -0.0900. The number of thiol groups is 1. The van der Waals surface area contributed by atoms with Gasteiger partial charge in [0.05, 0.1) is 0 Å². The number of hydrogen-bond acceptors (Lipinski definition) is 2. The molecule has 0 aliphatic rings. The van der Waals surface area contributed by atoms with E-state index in [9.17, 15) is 8.42 Å². The van der Waals surface area contributed by atoms with E-state index >= 15 is 0 Å². The van der Waals surface area contributed by atoms with Crippen LogP contribution in [0.2, 0.25) is 0 Å². The predicted molar refractivity (Wildman–Crippen MR) is 56.3 cm³/mol. The highest BCUT2D eigenvalue weighted by molar-refractivity contribution is 7.69. The van der Waals surface area contributed by atoms with Gasteiger partial charge in [0.25, 0.3) is 0 Å². The van der Waals surface area contributed by atoms with E-state index in [2.05, 4.69) is 6.92 Å². The van der Waals surface area contributed by atoms with Crippen LogP contribution in [0.5, 0.6) is 0 Å². The predicted octanol–water partition coefficient (Wildman–Crippen LogP) is 1.81. The Labute approximate surface area is 83.2 Å². The van der Waals surface area contributed by atoms with Crippen molar-refractivity contribution in [3.05, 3.63) is 0 Å². The van der Waals surface area contributed by atoms with Gasteiger partial charge in [-0.2, -0.15) is 0 Å². The quantitative estimate of drug-likeness (QED) is 0.487. The van der Waals surface area contributed by atoms with Crippen LogP contribution in [0.1, 0.15) is 45.4 Å². The molecule has 0 heterocycles. The Kier molecular flexibility index (Phi) is 8.45. The second-order valence-corrected chi connectivity index (χ2v) is 4.55. The monoisotopic (exact) mass is 207 g/mol. The third kappa shape index (κ3) is 8.25. The molecule has 80 valence electrons. The van der Waals surface area contributed by atoms with Gasteiger partial charge in [0.15, 0.2) is 0 Å². The Bertz CT molecular complexity index is 172. The van der Waals surface area contributed by atoms with Gasteiger partial charge in [-0.05, 0) is 6.42 Å². The van der Waals surface area contributed by atoms with Crippen LogP contribution < -0.4 is 0 Å². The van der Waals surface area contributed by atoms with Crippen molar-refractivity contribution >= 4 is 10.9 Å². The minimum Gasteiger partial charge on any atom is -0.215 e. The highest BCUT2D eigenvalue weighted by Gasteiger charge is 1.97. The summed E-state index contributed by atoms with van der Waals surface area (Å²) in [6, 6.07) is 0. The van der Waals surface area contributed by atoms with Gasteiger partial charge in [-0.25, -0.2) is 12.7 Å². The minimum atomic E-state index is -2.36. The van der Waals surface area contributed by atoms with Crippen LogP contribution in [0.4, 0.5) is 0 Å². The molecule has 4 heteroatoms. The van der Waals surface area contributed by atoms with Crippen molar-refractivity contribution in [1.82, 2.24) is 4.31 Å². The smallest absolute Gasteiger partial charge is 0.203 e. The van der Waals surface area contributed by atoms with E-state index in [0.29, 0.717) is 6.54 Å². The van der Waals surface area contributed by atoms with Gasteiger partial charge in [0, 0.05) is 13.6 Å². The van der Waals surface area contributed by atoms with Gasteiger partial charge in [0.2, 0.25) is 10.9 Å². The lowest BCUT2D eigenvalue weighted by Gasteiger charge is -2.07. The minimum absolute atomic E-state index is 0.671. The number of rotatable bonds is 8. The molecule has 0 spiro atoms. The molecule has 0 fully saturated rings. The fourth-order valence-corrected chi connectivity index (χ4v) is 1.51. The molecule has 0 radical (unpaired) electrons. The molecule has 0 saturated carbocycles. The molecule has 0 saturated heterocycles. The van der Waals surface area contributed by atoms with Gasteiger partial charge in [0.1, 0.15) is 0 Å². The van der Waals surface area contributed by atoms with Crippen molar-refractivity contribution in [2.24, 2.45) is 0 Å². The average Bonchev–Trinajstić information content (AvgIpc) is 2.10. The maximum absolute atomic E-state index is 10.4. The molecule has 0 aromatic carbocycles. The lowest BCUT2D eigenvalue weighted by atomic mass is 10.1. The van der Waals surface area contributed by atoms with Crippen molar-refractivity contribution in [2.45, 2.75) is 45.4 Å². The molecule has 0 aliphatic carbocycles. The Balaban J connectivity index is 3.16. The average molecular weight is 207 g/mol. The summed E-state index contributed by atoms with van der Waals surface area (Å²) in [5.41, 5.74) is 0. The molecule has 0 N–H and O–H groups in total. The van der Waals surface area contributed by atoms with Crippen molar-refractivity contribution < 1.29 is 8.42 Å². The summed E-state index contributed by atoms with van der Waals surface area (Å²) in [5.74, 6) is 0. The topological polar surface area (TPSA) is 37.4 Å². The van der Waals surface area contributed by atoms with E-state index in [1.165, 1.54) is 30.0 Å². The van der Waals surface area contributed by atoms with Gasteiger partial charge < -0.3 is 0 Å². The maximum atomic E-state index is 10.4. The van der Waals surface area contributed by atoms with Crippen LogP contribution in [0.3, 0.4) is 0 Å². The summed E-state index contributed by atoms with van der Waals surface area (Å²) in [4.78, 5) is 0. The molecule has 0 atom stereocenters. The van der Waals surface area contributed by atoms with E-state index < -0.39 is 10.9 Å². The summed E-state index contributed by atoms with van der Waals surface area (Å²) in [6.07, 6.45) is 7.20. The standard InChI is InChI=1S/C9H21NO2S/c1-3-4-5-6-7-8-9-10(2)13(11)12/h13H,3-9H2,1-2H3. The van der Waals surface area contributed by atoms with E-state index in [1.54, 1.807) is 7.05 Å². The third-order valence-electron chi connectivity index (χ3n) is 2.11. The maximum Gasteiger partial charge on any atom is 0.203 e. The number of nitrogens with zero attached hydrogens (tertiary/aromatic N) is 1. The van der Waals surface area contributed by atoms with E-state index in [0.717, 1.165) is 12.8 Å². The molecule has 0 aromatic rings. The molecule has 0 bridgehead atoms. The molecule has 0 rings (SSSR count). The largest absolute Gasteiger partial charge is 0.215 e. The third-order valence-corrected chi connectivity index (χ3v) is 2.87. The summed E-state index contributed by atoms with van der Waals surface area (Å²) >= 11 is 0. The molecule has 0 unspecified atom stereocenters. The first-order valence-electron chi connectivity index (χ1n) is 5.04. The lowest BCUT2D eigenvalue weighted by molar-refractivity contribution is 0.464. The Morgan fingerprint density at radius 3 is 2.08 bits per heavy atom. The van der Waals surface area contributed by atoms with Crippen molar-refractivity contribution in [3.8, 4) is 0 Å². The highest BCUT2D eigenvalue weighted by atomic mass is 32.2. The van der Waals surface area contributed by atoms with Crippen molar-refractivity contribution in [3.63, 3.8) is 0 Å². The molecule has 13 heavy (non-hydrogen) atoms. The summed E-state index contributed by atoms with van der Waals surface area (Å²) < 4.78 is 22.2. The summed E-state index contributed by atoms with van der Waals surface area (Å²) in [6.45, 7) is 2.86. The second kappa shape index (κ2) is 8.51. The second-order valence-electron chi connectivity index (χ2n) is 3.39. The molecule has 0 aliphatic heterocycles. The van der Waals surface area contributed by atoms with Crippen LogP contribution in [-0.2, 0) is 10.9 Å². The van der Waals surface area contributed by atoms with Crippen LogP contribution in [-0.4, -0.2) is 26.3 Å². The molecule has 3 nitrogen and oxygen atoms in total. The Morgan fingerprint density at radius 2 is 1.54 bits per heavy atom. The van der Waals surface area contributed by atoms with Gasteiger partial charge >= 0.3 is 0 Å². The van der Waals surface area contributed by atoms with Crippen molar-refractivity contribution in [2.75, 3.05) is 13.6 Å². The zero-order valence-corrected chi connectivity index (χ0v) is 9.56.